The molecule has 0 aliphatic heterocycles. The van der Waals surface area contributed by atoms with Gasteiger partial charge in [-0.15, -0.1) is 0 Å². The Balaban J connectivity index is 3.86. The van der Waals surface area contributed by atoms with Crippen LogP contribution >= 0.6 is 0 Å². The van der Waals surface area contributed by atoms with Crippen molar-refractivity contribution in [3.8, 4) is 0 Å². The maximum absolute atomic E-state index is 12.8. The van der Waals surface area contributed by atoms with Crippen molar-refractivity contribution in [1.29, 1.82) is 0 Å². The Morgan fingerprint density at radius 2 is 0.757 bits per heavy atom. The fourth-order valence-corrected chi connectivity index (χ4v) is 9.23. The van der Waals surface area contributed by atoms with Crippen LogP contribution in [0.1, 0.15) is 303 Å². The van der Waals surface area contributed by atoms with E-state index in [0.717, 1.165) is 70.6 Å². The highest BCUT2D eigenvalue weighted by molar-refractivity contribution is 5.71. The van der Waals surface area contributed by atoms with E-state index in [1.807, 2.05) is 21.1 Å². The summed E-state index contributed by atoms with van der Waals surface area (Å²) in [7, 11) is 5.97. The van der Waals surface area contributed by atoms with Crippen LogP contribution in [-0.4, -0.2) is 87.4 Å². The first kappa shape index (κ1) is 71.5. The van der Waals surface area contributed by atoms with Crippen molar-refractivity contribution in [1.82, 2.24) is 0 Å². The zero-order valence-electron chi connectivity index (χ0n) is 49.5. The third kappa shape index (κ3) is 57.2. The van der Waals surface area contributed by atoms with Crippen LogP contribution in [0.4, 0.5) is 0 Å². The molecule has 0 aromatic carbocycles. The number of hydrogen-bond acceptors (Lipinski definition) is 7. The van der Waals surface area contributed by atoms with Crippen LogP contribution in [-0.2, 0) is 33.3 Å². The molecular formula is C65H122NO8+. The smallest absolute Gasteiger partial charge is 0.361 e. The van der Waals surface area contributed by atoms with Crippen LogP contribution in [0.15, 0.2) is 36.5 Å². The number of unbranched alkanes of at least 4 members (excludes halogenated alkanes) is 38. The van der Waals surface area contributed by atoms with Crippen molar-refractivity contribution in [2.75, 3.05) is 47.5 Å². The normalized spacial score (nSPS) is 12.9. The number of rotatable bonds is 59. The summed E-state index contributed by atoms with van der Waals surface area (Å²) in [5, 5.41) is 9.67. The molecule has 0 saturated carbocycles. The zero-order valence-corrected chi connectivity index (χ0v) is 49.5. The molecule has 0 aromatic rings. The number of carbonyl (C=O) groups excluding carboxylic acids is 2. The first-order valence-corrected chi connectivity index (χ1v) is 31.7. The van der Waals surface area contributed by atoms with Gasteiger partial charge in [-0.3, -0.25) is 9.59 Å². The summed E-state index contributed by atoms with van der Waals surface area (Å²) in [6.07, 6.45) is 67.1. The lowest BCUT2D eigenvalue weighted by Crippen LogP contribution is -2.40. The second kappa shape index (κ2) is 56.7. The van der Waals surface area contributed by atoms with Crippen LogP contribution in [0.25, 0.3) is 0 Å². The summed E-state index contributed by atoms with van der Waals surface area (Å²) >= 11 is 0. The van der Waals surface area contributed by atoms with Crippen molar-refractivity contribution >= 4 is 17.9 Å². The van der Waals surface area contributed by atoms with Gasteiger partial charge in [0.05, 0.1) is 34.4 Å². The minimum absolute atomic E-state index is 0.182. The van der Waals surface area contributed by atoms with E-state index in [0.29, 0.717) is 17.4 Å². The lowest BCUT2D eigenvalue weighted by atomic mass is 10.0. The van der Waals surface area contributed by atoms with Gasteiger partial charge in [-0.2, -0.15) is 0 Å². The fourth-order valence-electron chi connectivity index (χ4n) is 9.23. The largest absolute Gasteiger partial charge is 0.477 e. The van der Waals surface area contributed by atoms with Crippen LogP contribution < -0.4 is 0 Å². The lowest BCUT2D eigenvalue weighted by molar-refractivity contribution is -0.870. The molecule has 0 bridgehead atoms. The van der Waals surface area contributed by atoms with Gasteiger partial charge in [0.25, 0.3) is 6.29 Å². The van der Waals surface area contributed by atoms with E-state index in [1.54, 1.807) is 0 Å². The molecule has 0 aliphatic rings. The topological polar surface area (TPSA) is 108 Å². The van der Waals surface area contributed by atoms with Gasteiger partial charge >= 0.3 is 17.9 Å². The number of allylic oxidation sites excluding steroid dienone is 6. The summed E-state index contributed by atoms with van der Waals surface area (Å²) < 4.78 is 22.8. The van der Waals surface area contributed by atoms with Gasteiger partial charge in [0.1, 0.15) is 13.2 Å². The second-order valence-electron chi connectivity index (χ2n) is 22.7. The number of ether oxygens (including phenoxy) is 4. The Morgan fingerprint density at radius 1 is 0.405 bits per heavy atom. The molecule has 0 aromatic heterocycles. The third-order valence-electron chi connectivity index (χ3n) is 14.1. The Hall–Kier alpha value is -2.49. The number of hydrogen-bond donors (Lipinski definition) is 1. The maximum atomic E-state index is 12.8. The van der Waals surface area contributed by atoms with Crippen molar-refractivity contribution in [2.45, 2.75) is 315 Å². The number of carbonyl (C=O) groups is 3. The van der Waals surface area contributed by atoms with Crippen molar-refractivity contribution in [3.63, 3.8) is 0 Å². The maximum Gasteiger partial charge on any atom is 0.361 e. The van der Waals surface area contributed by atoms with Gasteiger partial charge < -0.3 is 28.5 Å². The molecule has 9 nitrogen and oxygen atoms in total. The number of likely N-dealkylation sites (N-methyl/N-ethyl adjacent to an activating group) is 1. The molecule has 2 unspecified atom stereocenters. The monoisotopic (exact) mass is 1040 g/mol. The van der Waals surface area contributed by atoms with Gasteiger partial charge in [-0.25, -0.2) is 4.79 Å². The highest BCUT2D eigenvalue weighted by atomic mass is 16.7. The first-order valence-electron chi connectivity index (χ1n) is 31.7. The molecule has 0 aliphatic carbocycles. The minimum atomic E-state index is -1.51. The summed E-state index contributed by atoms with van der Waals surface area (Å²) in [4.78, 5) is 37.3. The SMILES string of the molecule is CCC/C=C\CCCCCCCC(=O)OCC(COC(OCC[N+](C)(C)C)C(=O)O)OC(=O)CCCCCCCCCCCCCCCCCCCCCCCCCCCCC/C=C\C/C=C\CCCCCCC. The molecule has 434 valence electrons. The Kier molecular flexibility index (Phi) is 54.8. The van der Waals surface area contributed by atoms with Crippen LogP contribution in [0.3, 0.4) is 0 Å². The van der Waals surface area contributed by atoms with Crippen molar-refractivity contribution < 1.29 is 42.9 Å². The van der Waals surface area contributed by atoms with E-state index < -0.39 is 24.3 Å². The minimum Gasteiger partial charge on any atom is -0.477 e. The number of nitrogens with zero attached hydrogens (tertiary/aromatic N) is 1. The highest BCUT2D eigenvalue weighted by Crippen LogP contribution is 2.18. The van der Waals surface area contributed by atoms with Gasteiger partial charge in [0.15, 0.2) is 6.10 Å². The number of aliphatic carboxylic acids is 1. The van der Waals surface area contributed by atoms with Crippen LogP contribution in [0.5, 0.6) is 0 Å². The molecule has 0 amide bonds. The average molecular weight is 1050 g/mol. The Bertz CT molecular complexity index is 1310. The summed E-state index contributed by atoms with van der Waals surface area (Å²) in [6.45, 7) is 4.82. The van der Waals surface area contributed by atoms with Crippen molar-refractivity contribution in [2.24, 2.45) is 0 Å². The predicted octanol–water partition coefficient (Wildman–Crippen LogP) is 18.9. The Morgan fingerprint density at radius 3 is 1.14 bits per heavy atom. The molecule has 0 fully saturated rings. The molecule has 1 N–H and O–H groups in total. The molecule has 0 radical (unpaired) electrons. The average Bonchev–Trinajstić information content (AvgIpc) is 3.37. The van der Waals surface area contributed by atoms with Gasteiger partial charge in [0.2, 0.25) is 0 Å². The number of carboxylic acid groups (broad SMARTS) is 1. The fraction of sp³-hybridized carbons (Fsp3) is 0.862. The quantitative estimate of drug-likeness (QED) is 0.0211. The summed E-state index contributed by atoms with van der Waals surface area (Å²) in [5.41, 5.74) is 0. The van der Waals surface area contributed by atoms with Gasteiger partial charge in [-0.05, 0) is 64.2 Å². The van der Waals surface area contributed by atoms with E-state index in [-0.39, 0.29) is 32.2 Å². The second-order valence-corrected chi connectivity index (χ2v) is 22.7. The van der Waals surface area contributed by atoms with Gasteiger partial charge in [-0.1, -0.05) is 262 Å². The van der Waals surface area contributed by atoms with E-state index in [1.165, 1.54) is 205 Å². The molecule has 0 saturated heterocycles. The van der Waals surface area contributed by atoms with Crippen molar-refractivity contribution in [3.05, 3.63) is 36.5 Å². The van der Waals surface area contributed by atoms with Crippen LogP contribution in [0, 0.1) is 0 Å². The van der Waals surface area contributed by atoms with Crippen LogP contribution in [0.2, 0.25) is 0 Å². The lowest BCUT2D eigenvalue weighted by Gasteiger charge is -2.25. The molecular weight excluding hydrogens is 923 g/mol. The van der Waals surface area contributed by atoms with E-state index in [9.17, 15) is 19.5 Å². The third-order valence-corrected chi connectivity index (χ3v) is 14.1. The molecule has 0 heterocycles. The molecule has 0 spiro atoms. The van der Waals surface area contributed by atoms with E-state index in [4.69, 9.17) is 18.9 Å². The molecule has 9 heteroatoms. The first-order chi connectivity index (χ1) is 36.1. The number of esters is 2. The standard InChI is InChI=1S/C65H121NO8/c1-6-8-10-12-14-16-18-19-20-21-22-23-24-25-26-27-28-29-30-31-32-33-34-35-36-37-38-39-40-41-42-43-44-45-46-48-50-52-54-56-63(68)74-61(60-73-65(64(69)70)71-58-57-66(3,4)5)59-72-62(67)55-53-51-49-47-17-15-13-11-9-7-2/h11,13,18-19,21-22,61,65H,6-10,12,14-17,20,23-60H2,1-5H3/p+1/b13-11-,19-18-,22-21-. The summed E-state index contributed by atoms with van der Waals surface area (Å²) in [6, 6.07) is 0. The van der Waals surface area contributed by atoms with E-state index in [2.05, 4.69) is 50.3 Å². The highest BCUT2D eigenvalue weighted by Gasteiger charge is 2.25. The van der Waals surface area contributed by atoms with E-state index >= 15 is 0 Å². The Labute approximate surface area is 458 Å². The molecule has 74 heavy (non-hydrogen) atoms. The number of quaternary nitrogens is 1. The van der Waals surface area contributed by atoms with Gasteiger partial charge in [0, 0.05) is 12.8 Å². The summed E-state index contributed by atoms with van der Waals surface area (Å²) in [5.74, 6) is -2.00. The molecule has 0 rings (SSSR count). The number of carboxylic acids is 1. The molecule has 2 atom stereocenters. The predicted molar refractivity (Wildman–Crippen MR) is 314 cm³/mol. The zero-order chi connectivity index (χ0) is 54.1.